The van der Waals surface area contributed by atoms with Gasteiger partial charge in [-0.05, 0) is 31.8 Å². The predicted molar refractivity (Wildman–Crippen MR) is 46.6 cm³/mol. The third-order valence-corrected chi connectivity index (χ3v) is 3.03. The number of piperidine rings is 1. The number of hydrogen-bond acceptors (Lipinski definition) is 2. The summed E-state index contributed by atoms with van der Waals surface area (Å²) in [5.74, 6) is 0.962. The molecule has 64 valence electrons. The molecule has 0 radical (unpaired) electrons. The van der Waals surface area contributed by atoms with Crippen molar-refractivity contribution in [3.05, 3.63) is 0 Å². The average Bonchev–Trinajstić information content (AvgIpc) is 2.29. The van der Waals surface area contributed by atoms with Crippen LogP contribution in [0.5, 0.6) is 0 Å². The Morgan fingerprint density at radius 2 is 2.36 bits per heavy atom. The van der Waals surface area contributed by atoms with Crippen molar-refractivity contribution < 1.29 is 0 Å². The fraction of sp³-hybridized carbons (Fsp3) is 1.00. The van der Waals surface area contributed by atoms with Crippen molar-refractivity contribution in [2.75, 3.05) is 26.2 Å². The van der Waals surface area contributed by atoms with Crippen LogP contribution in [-0.2, 0) is 0 Å². The zero-order valence-corrected chi connectivity index (χ0v) is 7.34. The van der Waals surface area contributed by atoms with Gasteiger partial charge in [-0.1, -0.05) is 6.92 Å². The van der Waals surface area contributed by atoms with E-state index >= 15 is 0 Å². The monoisotopic (exact) mass is 154 g/mol. The summed E-state index contributed by atoms with van der Waals surface area (Å²) in [6.45, 7) is 7.35. The Balaban J connectivity index is 1.92. The Bertz CT molecular complexity index is 136. The highest BCUT2D eigenvalue weighted by atomic mass is 15.2. The van der Waals surface area contributed by atoms with Crippen LogP contribution in [0.25, 0.3) is 0 Å². The summed E-state index contributed by atoms with van der Waals surface area (Å²) in [6.07, 6.45) is 2.88. The van der Waals surface area contributed by atoms with E-state index in [0.29, 0.717) is 0 Å². The molecule has 0 spiro atoms. The number of rotatable bonds is 2. The molecule has 2 heteroatoms. The van der Waals surface area contributed by atoms with Crippen molar-refractivity contribution in [1.82, 2.24) is 10.2 Å². The maximum Gasteiger partial charge on any atom is 0.0235 e. The minimum absolute atomic E-state index is 0.808. The van der Waals surface area contributed by atoms with Gasteiger partial charge >= 0.3 is 0 Å². The minimum atomic E-state index is 0.808. The molecule has 2 nitrogen and oxygen atoms in total. The lowest BCUT2D eigenvalue weighted by atomic mass is 9.97. The molecule has 0 aromatic carbocycles. The Morgan fingerprint density at radius 1 is 1.45 bits per heavy atom. The van der Waals surface area contributed by atoms with Gasteiger partial charge in [0.25, 0.3) is 0 Å². The largest absolute Gasteiger partial charge is 0.313 e. The van der Waals surface area contributed by atoms with Crippen molar-refractivity contribution in [2.24, 2.45) is 5.92 Å². The molecule has 2 fully saturated rings. The Labute approximate surface area is 69.0 Å². The highest BCUT2D eigenvalue weighted by molar-refractivity contribution is 4.91. The first kappa shape index (κ1) is 7.56. The third-order valence-electron chi connectivity index (χ3n) is 3.03. The van der Waals surface area contributed by atoms with Gasteiger partial charge in [0.1, 0.15) is 0 Å². The van der Waals surface area contributed by atoms with Crippen LogP contribution in [0.4, 0.5) is 0 Å². The Morgan fingerprint density at radius 3 is 3.09 bits per heavy atom. The van der Waals surface area contributed by atoms with Crippen LogP contribution in [-0.4, -0.2) is 37.1 Å². The van der Waals surface area contributed by atoms with E-state index in [1.807, 2.05) is 0 Å². The van der Waals surface area contributed by atoms with Gasteiger partial charge in [-0.3, -0.25) is 0 Å². The van der Waals surface area contributed by atoms with Crippen LogP contribution in [0.3, 0.4) is 0 Å². The fourth-order valence-electron chi connectivity index (χ4n) is 2.51. The van der Waals surface area contributed by atoms with Crippen LogP contribution < -0.4 is 5.32 Å². The molecule has 1 N–H and O–H groups in total. The van der Waals surface area contributed by atoms with Crippen molar-refractivity contribution in [3.63, 3.8) is 0 Å². The van der Waals surface area contributed by atoms with Crippen LogP contribution in [0, 0.1) is 5.92 Å². The molecule has 0 saturated carbocycles. The van der Waals surface area contributed by atoms with Gasteiger partial charge in [0.15, 0.2) is 0 Å². The molecule has 2 rings (SSSR count). The Kier molecular flexibility index (Phi) is 2.14. The van der Waals surface area contributed by atoms with E-state index in [-0.39, 0.29) is 0 Å². The van der Waals surface area contributed by atoms with Crippen LogP contribution in [0.2, 0.25) is 0 Å². The van der Waals surface area contributed by atoms with Gasteiger partial charge in [0, 0.05) is 19.1 Å². The van der Waals surface area contributed by atoms with Crippen molar-refractivity contribution in [3.8, 4) is 0 Å². The number of nitrogens with one attached hydrogen (secondary N) is 1. The maximum atomic E-state index is 3.57. The molecular weight excluding hydrogens is 136 g/mol. The van der Waals surface area contributed by atoms with Gasteiger partial charge in [-0.25, -0.2) is 0 Å². The summed E-state index contributed by atoms with van der Waals surface area (Å²) in [4.78, 5) is 2.60. The molecule has 0 aromatic rings. The summed E-state index contributed by atoms with van der Waals surface area (Å²) in [5.41, 5.74) is 0. The second-order valence-corrected chi connectivity index (χ2v) is 3.83. The lowest BCUT2D eigenvalue weighted by Crippen LogP contribution is -2.35. The van der Waals surface area contributed by atoms with Crippen molar-refractivity contribution >= 4 is 0 Å². The molecular formula is C9H18N2. The summed E-state index contributed by atoms with van der Waals surface area (Å²) in [6, 6.07) is 0.808. The normalized spacial score (nSPS) is 42.8. The van der Waals surface area contributed by atoms with Crippen molar-refractivity contribution in [1.29, 1.82) is 0 Å². The molecule has 2 aliphatic heterocycles. The molecule has 0 amide bonds. The number of likely N-dealkylation sites (N-methyl/N-ethyl adjacent to an activating group) is 1. The van der Waals surface area contributed by atoms with Gasteiger partial charge < -0.3 is 10.2 Å². The summed E-state index contributed by atoms with van der Waals surface area (Å²) in [5, 5.41) is 3.57. The molecule has 0 aliphatic carbocycles. The SMILES string of the molecule is CCN[C@H]1CN2CCC[C@H]1C2. The van der Waals surface area contributed by atoms with E-state index in [2.05, 4.69) is 17.1 Å². The van der Waals surface area contributed by atoms with E-state index in [9.17, 15) is 0 Å². The minimum Gasteiger partial charge on any atom is -0.313 e. The van der Waals surface area contributed by atoms with Crippen LogP contribution in [0.1, 0.15) is 19.8 Å². The molecule has 2 saturated heterocycles. The van der Waals surface area contributed by atoms with E-state index in [1.54, 1.807) is 0 Å². The first-order valence-electron chi connectivity index (χ1n) is 4.86. The highest BCUT2D eigenvalue weighted by Gasteiger charge is 2.34. The van der Waals surface area contributed by atoms with E-state index in [1.165, 1.54) is 32.5 Å². The molecule has 11 heavy (non-hydrogen) atoms. The molecule has 2 heterocycles. The first-order chi connectivity index (χ1) is 5.40. The molecule has 0 aromatic heterocycles. The summed E-state index contributed by atoms with van der Waals surface area (Å²) in [7, 11) is 0. The second-order valence-electron chi connectivity index (χ2n) is 3.83. The van der Waals surface area contributed by atoms with E-state index in [4.69, 9.17) is 0 Å². The van der Waals surface area contributed by atoms with Gasteiger partial charge in [-0.2, -0.15) is 0 Å². The highest BCUT2D eigenvalue weighted by Crippen LogP contribution is 2.26. The van der Waals surface area contributed by atoms with Gasteiger partial charge in [-0.15, -0.1) is 0 Å². The maximum absolute atomic E-state index is 3.57. The smallest absolute Gasteiger partial charge is 0.0235 e. The zero-order valence-electron chi connectivity index (χ0n) is 7.34. The Hall–Kier alpha value is -0.0800. The predicted octanol–water partition coefficient (Wildman–Crippen LogP) is 0.690. The molecule has 1 unspecified atom stereocenters. The standard InChI is InChI=1S/C9H18N2/c1-2-10-9-7-11-5-3-4-8(9)6-11/h8-10H,2-7H2,1H3/t8-,9-/m0/s1. The number of hydrogen-bond donors (Lipinski definition) is 1. The van der Waals surface area contributed by atoms with Gasteiger partial charge in [0.2, 0.25) is 0 Å². The molecule has 2 bridgehead atoms. The zero-order chi connectivity index (χ0) is 7.68. The lowest BCUT2D eigenvalue weighted by molar-refractivity contribution is 0.269. The molecule has 3 atom stereocenters. The fourth-order valence-corrected chi connectivity index (χ4v) is 2.51. The summed E-state index contributed by atoms with van der Waals surface area (Å²) >= 11 is 0. The van der Waals surface area contributed by atoms with E-state index < -0.39 is 0 Å². The average molecular weight is 154 g/mol. The quantitative estimate of drug-likeness (QED) is 0.629. The van der Waals surface area contributed by atoms with E-state index in [0.717, 1.165) is 18.5 Å². The molecule has 2 aliphatic rings. The summed E-state index contributed by atoms with van der Waals surface area (Å²) < 4.78 is 0. The first-order valence-corrected chi connectivity index (χ1v) is 4.86. The van der Waals surface area contributed by atoms with Crippen molar-refractivity contribution in [2.45, 2.75) is 25.8 Å². The van der Waals surface area contributed by atoms with Gasteiger partial charge in [0.05, 0.1) is 0 Å². The van der Waals surface area contributed by atoms with Crippen LogP contribution in [0.15, 0.2) is 0 Å². The second kappa shape index (κ2) is 3.11. The number of fused-ring (bicyclic) bond motifs is 2. The van der Waals surface area contributed by atoms with Crippen LogP contribution >= 0.6 is 0 Å². The third kappa shape index (κ3) is 1.42. The topological polar surface area (TPSA) is 15.3 Å². The number of nitrogens with zero attached hydrogens (tertiary/aromatic N) is 1. The lowest BCUT2D eigenvalue weighted by Gasteiger charge is -2.21.